The third-order valence-electron chi connectivity index (χ3n) is 4.40. The summed E-state index contributed by atoms with van der Waals surface area (Å²) in [5.41, 5.74) is 6.26. The number of aromatic nitrogens is 2. The third-order valence-corrected chi connectivity index (χ3v) is 4.40. The van der Waals surface area contributed by atoms with Crippen LogP contribution in [0, 0.1) is 0 Å². The predicted molar refractivity (Wildman–Crippen MR) is 109 cm³/mol. The third kappa shape index (κ3) is 5.49. The fraction of sp³-hybridized carbons (Fsp3) is 0.250. The summed E-state index contributed by atoms with van der Waals surface area (Å²) < 4.78 is 37.5. The number of alkyl halides is 3. The van der Waals surface area contributed by atoms with E-state index < -0.39 is 18.6 Å². The molecule has 1 aromatic carbocycles. The summed E-state index contributed by atoms with van der Waals surface area (Å²) in [5, 5.41) is 6.03. The Labute approximate surface area is 169 Å². The van der Waals surface area contributed by atoms with Gasteiger partial charge in [0.15, 0.2) is 0 Å². The number of carbonyl (C=O) groups excluding carboxylic acids is 1. The Morgan fingerprint density at radius 3 is 2.53 bits per heavy atom. The Morgan fingerprint density at radius 2 is 1.87 bits per heavy atom. The zero-order valence-corrected chi connectivity index (χ0v) is 15.8. The first-order chi connectivity index (χ1) is 14.2. The Balaban J connectivity index is 1.70. The van der Waals surface area contributed by atoms with Crippen LogP contribution in [0.5, 0.6) is 0 Å². The first kappa shape index (κ1) is 21.2. The first-order valence-corrected chi connectivity index (χ1v) is 9.18. The van der Waals surface area contributed by atoms with Gasteiger partial charge in [0.05, 0.1) is 5.39 Å². The van der Waals surface area contributed by atoms with Crippen LogP contribution in [0.15, 0.2) is 47.4 Å². The number of pyridine rings is 2. The van der Waals surface area contributed by atoms with Crippen molar-refractivity contribution in [1.29, 1.82) is 0 Å². The van der Waals surface area contributed by atoms with E-state index in [0.717, 1.165) is 5.56 Å². The molecule has 3 rings (SSSR count). The number of anilines is 2. The summed E-state index contributed by atoms with van der Waals surface area (Å²) in [5.74, 6) is -0.261. The second-order valence-electron chi connectivity index (χ2n) is 6.69. The molecule has 0 fully saturated rings. The standard InChI is InChI=1S/C20H20F3N5O2/c21-20(22,23)11-27-15-10-14-7-9-26-19(30)16(14)18(28-15)25-8-1-2-12-3-5-13(6-4-12)17(24)29/h3-7,9-10H,1-2,8,11H2,(H2,24,29)(H,26,30)(H2,25,27,28). The number of hydrogen-bond donors (Lipinski definition) is 4. The van der Waals surface area contributed by atoms with Crippen LogP contribution in [0.25, 0.3) is 10.8 Å². The fourth-order valence-corrected chi connectivity index (χ4v) is 2.96. The van der Waals surface area contributed by atoms with E-state index in [9.17, 15) is 22.8 Å². The van der Waals surface area contributed by atoms with Crippen molar-refractivity contribution >= 4 is 28.3 Å². The number of carbonyl (C=O) groups is 1. The van der Waals surface area contributed by atoms with Gasteiger partial charge in [0, 0.05) is 18.3 Å². The molecule has 0 unspecified atom stereocenters. The maximum atomic E-state index is 12.5. The zero-order valence-electron chi connectivity index (χ0n) is 15.8. The van der Waals surface area contributed by atoms with Crippen molar-refractivity contribution in [1.82, 2.24) is 9.97 Å². The van der Waals surface area contributed by atoms with Crippen LogP contribution in [0.1, 0.15) is 22.3 Å². The molecule has 2 heterocycles. The van der Waals surface area contributed by atoms with Crippen LogP contribution < -0.4 is 21.9 Å². The second-order valence-corrected chi connectivity index (χ2v) is 6.69. The summed E-state index contributed by atoms with van der Waals surface area (Å²) >= 11 is 0. The van der Waals surface area contributed by atoms with Gasteiger partial charge in [-0.25, -0.2) is 4.98 Å². The number of aromatic amines is 1. The Hall–Kier alpha value is -3.56. The number of benzene rings is 1. The molecule has 1 amide bonds. The van der Waals surface area contributed by atoms with Crippen molar-refractivity contribution in [2.45, 2.75) is 19.0 Å². The highest BCUT2D eigenvalue weighted by atomic mass is 19.4. The Bertz CT molecular complexity index is 1090. The Morgan fingerprint density at radius 1 is 1.13 bits per heavy atom. The minimum absolute atomic E-state index is 0.0231. The van der Waals surface area contributed by atoms with Crippen LogP contribution in [0.3, 0.4) is 0 Å². The lowest BCUT2D eigenvalue weighted by Gasteiger charge is -2.13. The summed E-state index contributed by atoms with van der Waals surface area (Å²) in [7, 11) is 0. The smallest absolute Gasteiger partial charge is 0.369 e. The lowest BCUT2D eigenvalue weighted by atomic mass is 10.1. The number of hydrogen-bond acceptors (Lipinski definition) is 5. The monoisotopic (exact) mass is 419 g/mol. The molecule has 0 aliphatic rings. The van der Waals surface area contributed by atoms with Gasteiger partial charge in [-0.2, -0.15) is 13.2 Å². The van der Waals surface area contributed by atoms with Gasteiger partial charge in [-0.1, -0.05) is 12.1 Å². The molecular weight excluding hydrogens is 399 g/mol. The molecule has 0 aliphatic carbocycles. The highest BCUT2D eigenvalue weighted by Gasteiger charge is 2.27. The number of nitrogens with zero attached hydrogens (tertiary/aromatic N) is 1. The van der Waals surface area contributed by atoms with Gasteiger partial charge in [-0.3, -0.25) is 9.59 Å². The van der Waals surface area contributed by atoms with Crippen molar-refractivity contribution in [3.05, 3.63) is 64.1 Å². The van der Waals surface area contributed by atoms with Gasteiger partial charge < -0.3 is 21.4 Å². The number of amides is 1. The SMILES string of the molecule is NC(=O)c1ccc(CCCNc2nc(NCC(F)(F)F)cc3cc[nH]c(=O)c23)cc1. The number of H-pyrrole nitrogens is 1. The average molecular weight is 419 g/mol. The molecule has 30 heavy (non-hydrogen) atoms. The van der Waals surface area contributed by atoms with Gasteiger partial charge in [0.1, 0.15) is 18.2 Å². The van der Waals surface area contributed by atoms with Crippen LogP contribution in [-0.4, -0.2) is 35.1 Å². The normalized spacial score (nSPS) is 11.4. The maximum Gasteiger partial charge on any atom is 0.405 e. The van der Waals surface area contributed by atoms with Crippen molar-refractivity contribution in [2.24, 2.45) is 5.73 Å². The minimum atomic E-state index is -4.39. The number of nitrogens with one attached hydrogen (secondary N) is 3. The molecule has 0 spiro atoms. The maximum absolute atomic E-state index is 12.5. The quantitative estimate of drug-likeness (QED) is 0.419. The summed E-state index contributed by atoms with van der Waals surface area (Å²) in [4.78, 5) is 30.0. The number of rotatable bonds is 8. The van der Waals surface area contributed by atoms with Crippen LogP contribution in [0.2, 0.25) is 0 Å². The Kier molecular flexibility index (Phi) is 6.24. The molecule has 0 saturated carbocycles. The molecule has 0 radical (unpaired) electrons. The van der Waals surface area contributed by atoms with Crippen LogP contribution in [-0.2, 0) is 6.42 Å². The van der Waals surface area contributed by atoms with Gasteiger partial charge in [0.2, 0.25) is 5.91 Å². The largest absolute Gasteiger partial charge is 0.405 e. The molecule has 10 heteroatoms. The number of aryl methyl sites for hydroxylation is 1. The zero-order chi connectivity index (χ0) is 21.7. The van der Waals surface area contributed by atoms with E-state index >= 15 is 0 Å². The molecule has 2 aromatic heterocycles. The van der Waals surface area contributed by atoms with E-state index in [-0.39, 0.29) is 22.6 Å². The first-order valence-electron chi connectivity index (χ1n) is 9.18. The number of nitrogens with two attached hydrogens (primary N) is 1. The molecule has 7 nitrogen and oxygen atoms in total. The molecule has 158 valence electrons. The second kappa shape index (κ2) is 8.85. The van der Waals surface area contributed by atoms with Gasteiger partial charge in [0.25, 0.3) is 5.56 Å². The highest BCUT2D eigenvalue weighted by molar-refractivity contribution is 5.93. The number of fused-ring (bicyclic) bond motifs is 1. The lowest BCUT2D eigenvalue weighted by molar-refractivity contribution is -0.115. The summed E-state index contributed by atoms with van der Waals surface area (Å²) in [6, 6.07) is 9.91. The van der Waals surface area contributed by atoms with Crippen molar-refractivity contribution < 1.29 is 18.0 Å². The van der Waals surface area contributed by atoms with E-state index in [2.05, 4.69) is 20.6 Å². The summed E-state index contributed by atoms with van der Waals surface area (Å²) in [6.45, 7) is -0.786. The average Bonchev–Trinajstić information content (AvgIpc) is 2.69. The number of halogens is 3. The van der Waals surface area contributed by atoms with Crippen LogP contribution in [0.4, 0.5) is 24.8 Å². The van der Waals surface area contributed by atoms with Crippen molar-refractivity contribution in [3.8, 4) is 0 Å². The van der Waals surface area contributed by atoms with E-state index in [0.29, 0.717) is 30.3 Å². The molecule has 0 atom stereocenters. The predicted octanol–water partition coefficient (Wildman–Crippen LogP) is 3.04. The van der Waals surface area contributed by atoms with Gasteiger partial charge in [-0.05, 0) is 48.1 Å². The number of primary amides is 1. The molecule has 0 aliphatic heterocycles. The molecule has 3 aromatic rings. The molecule has 0 bridgehead atoms. The van der Waals surface area contributed by atoms with Gasteiger partial charge >= 0.3 is 6.18 Å². The highest BCUT2D eigenvalue weighted by Crippen LogP contribution is 2.23. The van der Waals surface area contributed by atoms with E-state index in [4.69, 9.17) is 5.73 Å². The molecular formula is C20H20F3N5O2. The van der Waals surface area contributed by atoms with Gasteiger partial charge in [-0.15, -0.1) is 0 Å². The summed E-state index contributed by atoms with van der Waals surface area (Å²) in [6.07, 6.45) is -1.60. The van der Waals surface area contributed by atoms with E-state index in [1.807, 2.05) is 0 Å². The molecule has 0 saturated heterocycles. The van der Waals surface area contributed by atoms with Crippen molar-refractivity contribution in [3.63, 3.8) is 0 Å². The van der Waals surface area contributed by atoms with E-state index in [1.54, 1.807) is 30.3 Å². The van der Waals surface area contributed by atoms with E-state index in [1.165, 1.54) is 12.3 Å². The van der Waals surface area contributed by atoms with Crippen LogP contribution >= 0.6 is 0 Å². The fourth-order valence-electron chi connectivity index (χ4n) is 2.96. The minimum Gasteiger partial charge on any atom is -0.369 e. The lowest BCUT2D eigenvalue weighted by Crippen LogP contribution is -2.22. The topological polar surface area (TPSA) is 113 Å². The molecule has 5 N–H and O–H groups in total. The van der Waals surface area contributed by atoms with Crippen molar-refractivity contribution in [2.75, 3.05) is 23.7 Å².